The fourth-order valence-corrected chi connectivity index (χ4v) is 5.00. The Morgan fingerprint density at radius 3 is 2.23 bits per heavy atom. The number of carbonyl (C=O) groups excluding carboxylic acids is 1. The Kier molecular flexibility index (Phi) is 6.08. The summed E-state index contributed by atoms with van der Waals surface area (Å²) in [5.74, 6) is 0.788. The number of thiophene rings is 1. The summed E-state index contributed by atoms with van der Waals surface area (Å²) in [6.45, 7) is 0. The van der Waals surface area contributed by atoms with Crippen LogP contribution >= 0.6 is 11.3 Å². The molecule has 0 radical (unpaired) electrons. The number of rotatable bonds is 6. The van der Waals surface area contributed by atoms with Crippen molar-refractivity contribution in [1.82, 2.24) is 4.98 Å². The van der Waals surface area contributed by atoms with E-state index in [-0.39, 0.29) is 5.91 Å². The number of hydrogen-bond donors (Lipinski definition) is 2. The molecule has 0 saturated carbocycles. The van der Waals surface area contributed by atoms with Gasteiger partial charge in [0.15, 0.2) is 0 Å². The van der Waals surface area contributed by atoms with Crippen molar-refractivity contribution in [3.05, 3.63) is 89.8 Å². The number of nitrogen functional groups attached to an aromatic ring is 1. The normalized spacial score (nSPS) is 10.8. The highest BCUT2D eigenvalue weighted by Gasteiger charge is 2.22. The Bertz CT molecular complexity index is 1520. The number of ether oxygens (including phenoxy) is 2. The molecule has 0 saturated heterocycles. The smallest absolute Gasteiger partial charge is 0.268 e. The molecule has 0 unspecified atom stereocenters. The summed E-state index contributed by atoms with van der Waals surface area (Å²) in [5, 5.41) is 3.69. The molecule has 0 fully saturated rings. The van der Waals surface area contributed by atoms with Crippen LogP contribution in [0.2, 0.25) is 0 Å². The number of amides is 1. The number of anilines is 2. The Balaban J connectivity index is 1.64. The van der Waals surface area contributed by atoms with E-state index in [0.717, 1.165) is 27.8 Å². The van der Waals surface area contributed by atoms with Crippen molar-refractivity contribution in [2.75, 3.05) is 25.3 Å². The lowest BCUT2D eigenvalue weighted by Crippen LogP contribution is -2.13. The van der Waals surface area contributed by atoms with E-state index in [1.54, 1.807) is 32.4 Å². The van der Waals surface area contributed by atoms with Crippen LogP contribution in [0.1, 0.15) is 9.67 Å². The van der Waals surface area contributed by atoms with Gasteiger partial charge >= 0.3 is 0 Å². The maximum atomic E-state index is 13.4. The van der Waals surface area contributed by atoms with E-state index in [9.17, 15) is 4.79 Å². The molecule has 0 bridgehead atoms. The van der Waals surface area contributed by atoms with Gasteiger partial charge < -0.3 is 20.5 Å². The van der Waals surface area contributed by atoms with E-state index in [4.69, 9.17) is 20.2 Å². The third-order valence-corrected chi connectivity index (χ3v) is 6.81. The molecule has 0 atom stereocenters. The third-order valence-electron chi connectivity index (χ3n) is 5.71. The maximum Gasteiger partial charge on any atom is 0.268 e. The molecule has 2 heterocycles. The zero-order valence-electron chi connectivity index (χ0n) is 19.2. The average molecular weight is 482 g/mol. The summed E-state index contributed by atoms with van der Waals surface area (Å²) in [4.78, 5) is 19.3. The topological polar surface area (TPSA) is 86.5 Å². The Hall–Kier alpha value is -4.36. The minimum atomic E-state index is -0.336. The van der Waals surface area contributed by atoms with Crippen LogP contribution in [0, 0.1) is 0 Å². The fraction of sp³-hybridized carbons (Fsp3) is 0.0714. The quantitative estimate of drug-likeness (QED) is 0.290. The number of nitrogens with one attached hydrogen (secondary N) is 1. The number of fused-ring (bicyclic) bond motifs is 1. The van der Waals surface area contributed by atoms with Crippen LogP contribution in [0.5, 0.6) is 11.5 Å². The van der Waals surface area contributed by atoms with Gasteiger partial charge in [0.05, 0.1) is 31.3 Å². The number of benzene rings is 3. The fourth-order valence-electron chi connectivity index (χ4n) is 3.98. The second kappa shape index (κ2) is 9.48. The second-order valence-corrected chi connectivity index (χ2v) is 8.83. The third kappa shape index (κ3) is 4.29. The molecule has 3 aromatic carbocycles. The summed E-state index contributed by atoms with van der Waals surface area (Å²) < 4.78 is 10.7. The Labute approximate surface area is 207 Å². The lowest BCUT2D eigenvalue weighted by atomic mass is 9.99. The van der Waals surface area contributed by atoms with Gasteiger partial charge in [-0.2, -0.15) is 0 Å². The molecule has 5 rings (SSSR count). The van der Waals surface area contributed by atoms with Crippen LogP contribution in [0.25, 0.3) is 32.6 Å². The van der Waals surface area contributed by atoms with Gasteiger partial charge in [0.25, 0.3) is 5.91 Å². The zero-order chi connectivity index (χ0) is 24.4. The van der Waals surface area contributed by atoms with Crippen LogP contribution in [-0.2, 0) is 0 Å². The summed E-state index contributed by atoms with van der Waals surface area (Å²) in [7, 11) is 3.12. The summed E-state index contributed by atoms with van der Waals surface area (Å²) >= 11 is 1.27. The van der Waals surface area contributed by atoms with Crippen molar-refractivity contribution in [1.29, 1.82) is 0 Å². The molecular formula is C28H23N3O3S. The molecular weight excluding hydrogens is 458 g/mol. The van der Waals surface area contributed by atoms with Crippen LogP contribution in [0.15, 0.2) is 84.9 Å². The molecule has 2 aromatic heterocycles. The minimum absolute atomic E-state index is 0.336. The second-order valence-electron chi connectivity index (χ2n) is 7.83. The maximum absolute atomic E-state index is 13.4. The molecule has 3 N–H and O–H groups in total. The number of nitrogens with zero attached hydrogens (tertiary/aromatic N) is 1. The van der Waals surface area contributed by atoms with E-state index in [1.807, 2.05) is 66.7 Å². The Morgan fingerprint density at radius 2 is 1.57 bits per heavy atom. The van der Waals surface area contributed by atoms with Crippen LogP contribution in [-0.4, -0.2) is 25.1 Å². The average Bonchev–Trinajstić information content (AvgIpc) is 3.25. The van der Waals surface area contributed by atoms with Crippen molar-refractivity contribution in [3.8, 4) is 33.9 Å². The lowest BCUT2D eigenvalue weighted by Gasteiger charge is -2.11. The SMILES string of the molecule is COc1ccc(OC)c(NC(=O)c2sc3nc(-c4ccccc4)cc(-c4ccccc4)c3c2N)c1. The first-order valence-corrected chi connectivity index (χ1v) is 11.8. The van der Waals surface area contributed by atoms with Crippen molar-refractivity contribution in [2.45, 2.75) is 0 Å². The molecule has 0 aliphatic heterocycles. The van der Waals surface area contributed by atoms with Gasteiger partial charge in [0, 0.05) is 17.0 Å². The highest BCUT2D eigenvalue weighted by Crippen LogP contribution is 2.42. The summed E-state index contributed by atoms with van der Waals surface area (Å²) in [5.41, 5.74) is 11.2. The van der Waals surface area contributed by atoms with E-state index in [1.165, 1.54) is 11.3 Å². The zero-order valence-corrected chi connectivity index (χ0v) is 20.1. The summed E-state index contributed by atoms with van der Waals surface area (Å²) in [6, 6.07) is 27.2. The number of pyridine rings is 1. The van der Waals surface area contributed by atoms with Gasteiger partial charge in [0.2, 0.25) is 0 Å². The van der Waals surface area contributed by atoms with Crippen molar-refractivity contribution in [2.24, 2.45) is 0 Å². The molecule has 1 amide bonds. The lowest BCUT2D eigenvalue weighted by molar-refractivity contribution is 0.103. The van der Waals surface area contributed by atoms with E-state index < -0.39 is 0 Å². The van der Waals surface area contributed by atoms with Crippen LogP contribution in [0.4, 0.5) is 11.4 Å². The standard InChI is InChI=1S/C28H23N3O3S/c1-33-19-13-14-23(34-2)22(15-19)30-27(32)26-25(29)24-20(17-9-5-3-6-10-17)16-21(31-28(24)35-26)18-11-7-4-8-12-18/h3-16H,29H2,1-2H3,(H,30,32). The van der Waals surface area contributed by atoms with Gasteiger partial charge in [-0.15, -0.1) is 11.3 Å². The molecule has 35 heavy (non-hydrogen) atoms. The first-order valence-electron chi connectivity index (χ1n) is 11.0. The monoisotopic (exact) mass is 481 g/mol. The van der Waals surface area contributed by atoms with Crippen LogP contribution < -0.4 is 20.5 Å². The van der Waals surface area contributed by atoms with E-state index in [0.29, 0.717) is 32.6 Å². The van der Waals surface area contributed by atoms with E-state index in [2.05, 4.69) is 5.32 Å². The molecule has 174 valence electrons. The number of methoxy groups -OCH3 is 2. The minimum Gasteiger partial charge on any atom is -0.497 e. The molecule has 6 nitrogen and oxygen atoms in total. The largest absolute Gasteiger partial charge is 0.497 e. The molecule has 5 aromatic rings. The molecule has 0 aliphatic carbocycles. The van der Waals surface area contributed by atoms with Gasteiger partial charge in [-0.3, -0.25) is 4.79 Å². The number of nitrogens with two attached hydrogens (primary N) is 1. The molecule has 0 spiro atoms. The van der Waals surface area contributed by atoms with E-state index >= 15 is 0 Å². The molecule has 0 aliphatic rings. The molecule has 7 heteroatoms. The number of carbonyl (C=O) groups is 1. The van der Waals surface area contributed by atoms with Crippen molar-refractivity contribution in [3.63, 3.8) is 0 Å². The Morgan fingerprint density at radius 1 is 0.886 bits per heavy atom. The predicted octanol–water partition coefficient (Wildman–Crippen LogP) is 6.48. The van der Waals surface area contributed by atoms with Crippen molar-refractivity contribution >= 4 is 38.8 Å². The number of hydrogen-bond acceptors (Lipinski definition) is 6. The number of aromatic nitrogens is 1. The highest BCUT2D eigenvalue weighted by atomic mass is 32.1. The highest BCUT2D eigenvalue weighted by molar-refractivity contribution is 7.21. The van der Waals surface area contributed by atoms with Gasteiger partial charge in [-0.1, -0.05) is 60.7 Å². The van der Waals surface area contributed by atoms with Gasteiger partial charge in [0.1, 0.15) is 21.2 Å². The predicted molar refractivity (Wildman–Crippen MR) is 142 cm³/mol. The van der Waals surface area contributed by atoms with Gasteiger partial charge in [-0.05, 0) is 29.3 Å². The van der Waals surface area contributed by atoms with Crippen molar-refractivity contribution < 1.29 is 14.3 Å². The first kappa shape index (κ1) is 22.4. The summed E-state index contributed by atoms with van der Waals surface area (Å²) in [6.07, 6.45) is 0. The first-order chi connectivity index (χ1) is 17.1. The van der Waals surface area contributed by atoms with Crippen LogP contribution in [0.3, 0.4) is 0 Å². The van der Waals surface area contributed by atoms with Gasteiger partial charge in [-0.25, -0.2) is 4.98 Å².